The number of hydrogen-bond donors (Lipinski definition) is 1. The highest BCUT2D eigenvalue weighted by Crippen LogP contribution is 2.17. The summed E-state index contributed by atoms with van der Waals surface area (Å²) in [6, 6.07) is 8.75. The van der Waals surface area contributed by atoms with Gasteiger partial charge in [-0.1, -0.05) is 24.3 Å². The highest BCUT2D eigenvalue weighted by atomic mass is 16.2. The number of nitrogens with one attached hydrogen (secondary N) is 1. The Hall–Kier alpha value is -1.90. The molecule has 0 saturated heterocycles. The van der Waals surface area contributed by atoms with Crippen LogP contribution >= 0.6 is 0 Å². The smallest absolute Gasteiger partial charge is 0.258 e. The molecule has 0 fully saturated rings. The van der Waals surface area contributed by atoms with E-state index in [0.717, 1.165) is 24.8 Å². The van der Waals surface area contributed by atoms with Gasteiger partial charge in [0.15, 0.2) is 0 Å². The maximum absolute atomic E-state index is 11.7. The molecule has 2 rings (SSSR count). The topological polar surface area (TPSA) is 46.2 Å². The Morgan fingerprint density at radius 2 is 1.81 bits per heavy atom. The number of allylic oxidation sites excluding steroid dienone is 1. The zero-order chi connectivity index (χ0) is 11.4. The van der Waals surface area contributed by atoms with E-state index in [2.05, 4.69) is 5.32 Å². The molecular weight excluding hydrogens is 202 g/mol. The largest absolute Gasteiger partial charge is 0.288 e. The molecule has 1 aromatic carbocycles. The lowest BCUT2D eigenvalue weighted by molar-refractivity contribution is -0.116. The molecular formula is C13H13NO2. The van der Waals surface area contributed by atoms with Crippen LogP contribution in [0, 0.1) is 0 Å². The van der Waals surface area contributed by atoms with E-state index in [9.17, 15) is 9.59 Å². The fourth-order valence-corrected chi connectivity index (χ4v) is 1.72. The van der Waals surface area contributed by atoms with E-state index in [-0.39, 0.29) is 11.8 Å². The Morgan fingerprint density at radius 3 is 2.44 bits per heavy atom. The van der Waals surface area contributed by atoms with Crippen LogP contribution in [0.5, 0.6) is 0 Å². The number of rotatable bonds is 2. The van der Waals surface area contributed by atoms with Crippen LogP contribution < -0.4 is 5.32 Å². The molecule has 1 aromatic rings. The van der Waals surface area contributed by atoms with Crippen molar-refractivity contribution in [3.8, 4) is 0 Å². The number of carbonyl (C=O) groups is 2. The van der Waals surface area contributed by atoms with E-state index >= 15 is 0 Å². The molecule has 2 amide bonds. The average Bonchev–Trinajstić information content (AvgIpc) is 2.83. The van der Waals surface area contributed by atoms with Crippen LogP contribution in [0.1, 0.15) is 29.6 Å². The summed E-state index contributed by atoms with van der Waals surface area (Å²) in [7, 11) is 0. The summed E-state index contributed by atoms with van der Waals surface area (Å²) in [5.74, 6) is -0.593. The van der Waals surface area contributed by atoms with Gasteiger partial charge in [-0.2, -0.15) is 0 Å². The molecule has 82 valence electrons. The van der Waals surface area contributed by atoms with Crippen molar-refractivity contribution in [2.45, 2.75) is 19.3 Å². The quantitative estimate of drug-likeness (QED) is 0.767. The maximum atomic E-state index is 11.7. The third-order valence-corrected chi connectivity index (χ3v) is 2.60. The second-order valence-electron chi connectivity index (χ2n) is 3.77. The molecule has 0 spiro atoms. The van der Waals surface area contributed by atoms with E-state index in [0.29, 0.717) is 5.56 Å². The Balaban J connectivity index is 2.00. The summed E-state index contributed by atoms with van der Waals surface area (Å²) in [6.45, 7) is 0. The van der Waals surface area contributed by atoms with Crippen molar-refractivity contribution in [2.24, 2.45) is 0 Å². The fraction of sp³-hybridized carbons (Fsp3) is 0.231. The van der Waals surface area contributed by atoms with Crippen LogP contribution in [-0.2, 0) is 4.79 Å². The monoisotopic (exact) mass is 215 g/mol. The minimum Gasteiger partial charge on any atom is -0.288 e. The summed E-state index contributed by atoms with van der Waals surface area (Å²) in [5, 5.41) is 2.39. The number of hydrogen-bond acceptors (Lipinski definition) is 2. The van der Waals surface area contributed by atoms with Gasteiger partial charge in [0.1, 0.15) is 0 Å². The van der Waals surface area contributed by atoms with Crippen LogP contribution in [0.15, 0.2) is 42.0 Å². The van der Waals surface area contributed by atoms with Gasteiger partial charge >= 0.3 is 0 Å². The van der Waals surface area contributed by atoms with Crippen molar-refractivity contribution in [3.05, 3.63) is 47.5 Å². The number of carbonyl (C=O) groups excluding carboxylic acids is 2. The standard InChI is InChI=1S/C13H13NO2/c15-12(10-6-2-1-3-7-10)14-13(16)11-8-4-5-9-11/h1-3,6-8H,4-5,9H2,(H,14,15,16). The Kier molecular flexibility index (Phi) is 3.15. The summed E-state index contributed by atoms with van der Waals surface area (Å²) in [5.41, 5.74) is 1.23. The van der Waals surface area contributed by atoms with E-state index in [1.54, 1.807) is 24.3 Å². The number of benzene rings is 1. The lowest BCUT2D eigenvalue weighted by atomic mass is 10.2. The Morgan fingerprint density at radius 1 is 1.06 bits per heavy atom. The molecule has 0 bridgehead atoms. The molecule has 1 aliphatic rings. The number of imide groups is 1. The van der Waals surface area contributed by atoms with Crippen molar-refractivity contribution < 1.29 is 9.59 Å². The van der Waals surface area contributed by atoms with E-state index in [1.165, 1.54) is 0 Å². The summed E-state index contributed by atoms with van der Waals surface area (Å²) < 4.78 is 0. The summed E-state index contributed by atoms with van der Waals surface area (Å²) in [6.07, 6.45) is 4.60. The average molecular weight is 215 g/mol. The van der Waals surface area contributed by atoms with Crippen molar-refractivity contribution in [1.82, 2.24) is 5.32 Å². The second kappa shape index (κ2) is 4.75. The first kappa shape index (κ1) is 10.6. The van der Waals surface area contributed by atoms with Crippen LogP contribution in [-0.4, -0.2) is 11.8 Å². The Labute approximate surface area is 94.2 Å². The minimum absolute atomic E-state index is 0.258. The third-order valence-electron chi connectivity index (χ3n) is 2.60. The highest BCUT2D eigenvalue weighted by molar-refractivity contribution is 6.10. The van der Waals surface area contributed by atoms with Gasteiger partial charge in [0.2, 0.25) is 0 Å². The number of amides is 2. The first-order valence-electron chi connectivity index (χ1n) is 5.37. The summed E-state index contributed by atoms with van der Waals surface area (Å²) >= 11 is 0. The zero-order valence-corrected chi connectivity index (χ0v) is 8.90. The zero-order valence-electron chi connectivity index (χ0n) is 8.90. The molecule has 3 heteroatoms. The Bertz CT molecular complexity index is 435. The van der Waals surface area contributed by atoms with Gasteiger partial charge in [-0.05, 0) is 31.4 Å². The molecule has 0 aliphatic heterocycles. The molecule has 3 nitrogen and oxygen atoms in total. The van der Waals surface area contributed by atoms with Gasteiger partial charge in [0.25, 0.3) is 11.8 Å². The molecule has 0 atom stereocenters. The van der Waals surface area contributed by atoms with Gasteiger partial charge in [0.05, 0.1) is 0 Å². The van der Waals surface area contributed by atoms with Crippen LogP contribution in [0.2, 0.25) is 0 Å². The molecule has 0 heterocycles. The molecule has 0 aromatic heterocycles. The lowest BCUT2D eigenvalue weighted by Crippen LogP contribution is -2.31. The maximum Gasteiger partial charge on any atom is 0.258 e. The molecule has 0 radical (unpaired) electrons. The van der Waals surface area contributed by atoms with Crippen LogP contribution in [0.3, 0.4) is 0 Å². The third kappa shape index (κ3) is 2.37. The van der Waals surface area contributed by atoms with E-state index in [4.69, 9.17) is 0 Å². The normalized spacial score (nSPS) is 14.4. The first-order chi connectivity index (χ1) is 7.77. The fourth-order valence-electron chi connectivity index (χ4n) is 1.72. The predicted octanol–water partition coefficient (Wildman–Crippen LogP) is 2.05. The first-order valence-corrected chi connectivity index (χ1v) is 5.37. The van der Waals surface area contributed by atoms with Gasteiger partial charge in [-0.25, -0.2) is 0 Å². The SMILES string of the molecule is O=C(NC(=O)c1ccccc1)C1=CCCC1. The van der Waals surface area contributed by atoms with Gasteiger partial charge in [0, 0.05) is 11.1 Å². The van der Waals surface area contributed by atoms with E-state index < -0.39 is 0 Å². The molecule has 16 heavy (non-hydrogen) atoms. The van der Waals surface area contributed by atoms with Gasteiger partial charge < -0.3 is 0 Å². The predicted molar refractivity (Wildman–Crippen MR) is 60.8 cm³/mol. The lowest BCUT2D eigenvalue weighted by Gasteiger charge is -2.04. The highest BCUT2D eigenvalue weighted by Gasteiger charge is 2.16. The molecule has 1 N–H and O–H groups in total. The van der Waals surface area contributed by atoms with Gasteiger partial charge in [-0.15, -0.1) is 0 Å². The van der Waals surface area contributed by atoms with Gasteiger partial charge in [-0.3, -0.25) is 14.9 Å². The van der Waals surface area contributed by atoms with Crippen molar-refractivity contribution in [2.75, 3.05) is 0 Å². The second-order valence-corrected chi connectivity index (χ2v) is 3.77. The summed E-state index contributed by atoms with van der Waals surface area (Å²) in [4.78, 5) is 23.3. The van der Waals surface area contributed by atoms with Crippen LogP contribution in [0.4, 0.5) is 0 Å². The molecule has 0 unspecified atom stereocenters. The molecule has 1 aliphatic carbocycles. The van der Waals surface area contributed by atoms with Crippen LogP contribution in [0.25, 0.3) is 0 Å². The van der Waals surface area contributed by atoms with Crippen molar-refractivity contribution >= 4 is 11.8 Å². The van der Waals surface area contributed by atoms with E-state index in [1.807, 2.05) is 12.1 Å². The van der Waals surface area contributed by atoms with Crippen molar-refractivity contribution in [1.29, 1.82) is 0 Å². The van der Waals surface area contributed by atoms with Crippen molar-refractivity contribution in [3.63, 3.8) is 0 Å². The minimum atomic E-state index is -0.335. The molecule has 0 saturated carbocycles.